The SMILES string of the molecule is CCN(Cc1ccccn1)c1cc(C)ccc1C(=O)O. The number of carbonyl (C=O) groups is 1. The third-order valence-corrected chi connectivity index (χ3v) is 3.19. The van der Waals surface area contributed by atoms with E-state index in [1.807, 2.05) is 49.1 Å². The van der Waals surface area contributed by atoms with Crippen LogP contribution >= 0.6 is 0 Å². The molecule has 0 aliphatic heterocycles. The molecule has 2 aromatic rings. The molecule has 0 amide bonds. The number of aromatic carboxylic acids is 1. The monoisotopic (exact) mass is 270 g/mol. The van der Waals surface area contributed by atoms with Crippen LogP contribution in [0.2, 0.25) is 0 Å². The quantitative estimate of drug-likeness (QED) is 0.907. The van der Waals surface area contributed by atoms with Crippen molar-refractivity contribution < 1.29 is 9.90 Å². The largest absolute Gasteiger partial charge is 0.478 e. The Balaban J connectivity index is 2.36. The number of nitrogens with zero attached hydrogens (tertiary/aromatic N) is 2. The fraction of sp³-hybridized carbons (Fsp3) is 0.250. The zero-order valence-corrected chi connectivity index (χ0v) is 11.7. The Morgan fingerprint density at radius 3 is 2.70 bits per heavy atom. The highest BCUT2D eigenvalue weighted by Gasteiger charge is 2.15. The van der Waals surface area contributed by atoms with E-state index in [4.69, 9.17) is 0 Å². The average molecular weight is 270 g/mol. The fourth-order valence-corrected chi connectivity index (χ4v) is 2.14. The van der Waals surface area contributed by atoms with Crippen molar-refractivity contribution in [1.82, 2.24) is 4.98 Å². The summed E-state index contributed by atoms with van der Waals surface area (Å²) >= 11 is 0. The van der Waals surface area contributed by atoms with Crippen molar-refractivity contribution in [3.8, 4) is 0 Å². The highest BCUT2D eigenvalue weighted by atomic mass is 16.4. The van der Waals surface area contributed by atoms with Crippen LogP contribution in [-0.2, 0) is 6.54 Å². The molecule has 4 nitrogen and oxygen atoms in total. The summed E-state index contributed by atoms with van der Waals surface area (Å²) in [6, 6.07) is 11.1. The summed E-state index contributed by atoms with van der Waals surface area (Å²) in [5.41, 5.74) is 3.04. The molecular weight excluding hydrogens is 252 g/mol. The number of benzene rings is 1. The molecule has 1 heterocycles. The van der Waals surface area contributed by atoms with Gasteiger partial charge in [0.1, 0.15) is 0 Å². The van der Waals surface area contributed by atoms with Gasteiger partial charge in [0, 0.05) is 12.7 Å². The summed E-state index contributed by atoms with van der Waals surface area (Å²) in [4.78, 5) is 17.7. The van der Waals surface area contributed by atoms with E-state index in [1.54, 1.807) is 12.3 Å². The fourth-order valence-electron chi connectivity index (χ4n) is 2.14. The Labute approximate surface area is 118 Å². The summed E-state index contributed by atoms with van der Waals surface area (Å²) < 4.78 is 0. The lowest BCUT2D eigenvalue weighted by Crippen LogP contribution is -2.24. The number of hydrogen-bond donors (Lipinski definition) is 1. The lowest BCUT2D eigenvalue weighted by molar-refractivity contribution is 0.0697. The molecule has 0 aliphatic carbocycles. The number of hydrogen-bond acceptors (Lipinski definition) is 3. The second-order valence-corrected chi connectivity index (χ2v) is 4.66. The summed E-state index contributed by atoms with van der Waals surface area (Å²) in [6.07, 6.45) is 1.75. The molecule has 0 saturated carbocycles. The lowest BCUT2D eigenvalue weighted by atomic mass is 10.1. The number of pyridine rings is 1. The minimum atomic E-state index is -0.903. The van der Waals surface area contributed by atoms with Crippen molar-refractivity contribution in [1.29, 1.82) is 0 Å². The van der Waals surface area contributed by atoms with E-state index >= 15 is 0 Å². The van der Waals surface area contributed by atoms with E-state index < -0.39 is 5.97 Å². The van der Waals surface area contributed by atoms with E-state index in [0.29, 0.717) is 12.1 Å². The predicted octanol–water partition coefficient (Wildman–Crippen LogP) is 3.11. The van der Waals surface area contributed by atoms with Crippen molar-refractivity contribution in [2.45, 2.75) is 20.4 Å². The van der Waals surface area contributed by atoms with Gasteiger partial charge in [0.05, 0.1) is 23.5 Å². The van der Waals surface area contributed by atoms with Crippen LogP contribution in [0.1, 0.15) is 28.5 Å². The minimum absolute atomic E-state index is 0.327. The molecule has 1 N–H and O–H groups in total. The average Bonchev–Trinajstić information content (AvgIpc) is 2.45. The van der Waals surface area contributed by atoms with Gasteiger partial charge in [-0.1, -0.05) is 12.1 Å². The maximum atomic E-state index is 11.4. The Morgan fingerprint density at radius 1 is 1.30 bits per heavy atom. The van der Waals surface area contributed by atoms with Crippen molar-refractivity contribution in [2.75, 3.05) is 11.4 Å². The third-order valence-electron chi connectivity index (χ3n) is 3.19. The van der Waals surface area contributed by atoms with Gasteiger partial charge in [0.2, 0.25) is 0 Å². The molecule has 2 rings (SSSR count). The molecule has 0 saturated heterocycles. The van der Waals surface area contributed by atoms with Crippen LogP contribution in [0.4, 0.5) is 5.69 Å². The van der Waals surface area contributed by atoms with Crippen LogP contribution in [0, 0.1) is 6.92 Å². The first kappa shape index (κ1) is 14.1. The van der Waals surface area contributed by atoms with Crippen molar-refractivity contribution in [2.24, 2.45) is 0 Å². The van der Waals surface area contributed by atoms with E-state index in [9.17, 15) is 9.90 Å². The number of aromatic nitrogens is 1. The third kappa shape index (κ3) is 3.15. The van der Waals surface area contributed by atoms with Gasteiger partial charge in [-0.05, 0) is 43.7 Å². The molecule has 0 atom stereocenters. The van der Waals surface area contributed by atoms with Gasteiger partial charge in [-0.25, -0.2) is 4.79 Å². The summed E-state index contributed by atoms with van der Waals surface area (Å²) in [7, 11) is 0. The summed E-state index contributed by atoms with van der Waals surface area (Å²) in [6.45, 7) is 5.29. The number of aryl methyl sites for hydroxylation is 1. The van der Waals surface area contributed by atoms with E-state index in [1.165, 1.54) is 0 Å². The van der Waals surface area contributed by atoms with E-state index in [2.05, 4.69) is 4.98 Å². The van der Waals surface area contributed by atoms with Gasteiger partial charge >= 0.3 is 5.97 Å². The Hall–Kier alpha value is -2.36. The first-order valence-electron chi connectivity index (χ1n) is 6.60. The van der Waals surface area contributed by atoms with Crippen molar-refractivity contribution in [3.05, 3.63) is 59.4 Å². The van der Waals surface area contributed by atoms with Crippen LogP contribution in [-0.4, -0.2) is 22.6 Å². The van der Waals surface area contributed by atoms with Crippen LogP contribution in [0.5, 0.6) is 0 Å². The first-order valence-corrected chi connectivity index (χ1v) is 6.60. The molecule has 0 unspecified atom stereocenters. The summed E-state index contributed by atoms with van der Waals surface area (Å²) in [5, 5.41) is 9.32. The van der Waals surface area contributed by atoms with Crippen LogP contribution in [0.3, 0.4) is 0 Å². The number of anilines is 1. The smallest absolute Gasteiger partial charge is 0.337 e. The molecule has 0 fully saturated rings. The van der Waals surface area contributed by atoms with Crippen LogP contribution in [0.25, 0.3) is 0 Å². The van der Waals surface area contributed by atoms with Gasteiger partial charge in [0.15, 0.2) is 0 Å². The molecule has 0 radical (unpaired) electrons. The Morgan fingerprint density at radius 2 is 2.10 bits per heavy atom. The molecular formula is C16H18N2O2. The molecule has 4 heteroatoms. The maximum absolute atomic E-state index is 11.4. The topological polar surface area (TPSA) is 53.4 Å². The molecule has 104 valence electrons. The van der Waals surface area contributed by atoms with Gasteiger partial charge in [-0.3, -0.25) is 4.98 Å². The van der Waals surface area contributed by atoms with E-state index in [0.717, 1.165) is 23.5 Å². The number of carboxylic acid groups (broad SMARTS) is 1. The highest BCUT2D eigenvalue weighted by molar-refractivity contribution is 5.94. The standard InChI is InChI=1S/C16H18N2O2/c1-3-18(11-13-6-4-5-9-17-13)15-10-12(2)7-8-14(15)16(19)20/h4-10H,3,11H2,1-2H3,(H,19,20). The molecule has 0 aliphatic rings. The van der Waals surface area contributed by atoms with Crippen molar-refractivity contribution >= 4 is 11.7 Å². The Bertz CT molecular complexity index is 597. The van der Waals surface area contributed by atoms with Gasteiger partial charge in [-0.2, -0.15) is 0 Å². The van der Waals surface area contributed by atoms with Crippen molar-refractivity contribution in [3.63, 3.8) is 0 Å². The lowest BCUT2D eigenvalue weighted by Gasteiger charge is -2.24. The highest BCUT2D eigenvalue weighted by Crippen LogP contribution is 2.23. The zero-order valence-electron chi connectivity index (χ0n) is 11.7. The first-order chi connectivity index (χ1) is 9.61. The van der Waals surface area contributed by atoms with Gasteiger partial charge in [-0.15, -0.1) is 0 Å². The summed E-state index contributed by atoms with van der Waals surface area (Å²) in [5.74, 6) is -0.903. The predicted molar refractivity (Wildman–Crippen MR) is 79.1 cm³/mol. The molecule has 1 aromatic carbocycles. The normalized spacial score (nSPS) is 10.3. The van der Waals surface area contributed by atoms with Gasteiger partial charge < -0.3 is 10.0 Å². The van der Waals surface area contributed by atoms with Crippen LogP contribution in [0.15, 0.2) is 42.6 Å². The molecule has 0 spiro atoms. The number of carboxylic acids is 1. The van der Waals surface area contributed by atoms with Gasteiger partial charge in [0.25, 0.3) is 0 Å². The van der Waals surface area contributed by atoms with E-state index in [-0.39, 0.29) is 0 Å². The van der Waals surface area contributed by atoms with Crippen LogP contribution < -0.4 is 4.90 Å². The Kier molecular flexibility index (Phi) is 4.35. The molecule has 1 aromatic heterocycles. The zero-order chi connectivity index (χ0) is 14.5. The molecule has 0 bridgehead atoms. The second-order valence-electron chi connectivity index (χ2n) is 4.66. The minimum Gasteiger partial charge on any atom is -0.478 e. The maximum Gasteiger partial charge on any atom is 0.337 e. The number of rotatable bonds is 5. The second kappa shape index (κ2) is 6.19. The molecule has 20 heavy (non-hydrogen) atoms.